The van der Waals surface area contributed by atoms with E-state index in [1.165, 1.54) is 10.5 Å². The Morgan fingerprint density at radius 3 is 2.93 bits per heavy atom. The molecule has 0 spiro atoms. The van der Waals surface area contributed by atoms with Gasteiger partial charge in [-0.15, -0.1) is 0 Å². The molecular weight excluding hydrogens is 256 g/mol. The Labute approximate surface area is 97.6 Å². The first-order chi connectivity index (χ1) is 7.25. The predicted molar refractivity (Wildman–Crippen MR) is 61.6 cm³/mol. The standard InChI is InChI=1S/C11H13BrN2O/c12-10-4-2-1-3-9(10)7-14-6-5-13-11(15)8-14/h1-4H,5-8H2,(H,13,15)/p+1. The highest BCUT2D eigenvalue weighted by Crippen LogP contribution is 2.14. The van der Waals surface area contributed by atoms with Crippen molar-refractivity contribution in [3.05, 3.63) is 34.3 Å². The van der Waals surface area contributed by atoms with Crippen molar-refractivity contribution in [3.8, 4) is 0 Å². The predicted octanol–water partition coefficient (Wildman–Crippen LogP) is -0.0362. The molecule has 2 rings (SSSR count). The molecule has 0 radical (unpaired) electrons. The first kappa shape index (κ1) is 10.6. The highest BCUT2D eigenvalue weighted by Gasteiger charge is 2.20. The fourth-order valence-electron chi connectivity index (χ4n) is 1.82. The molecule has 0 aliphatic carbocycles. The molecule has 0 bridgehead atoms. The van der Waals surface area contributed by atoms with Crippen LogP contribution in [0.5, 0.6) is 0 Å². The molecular formula is C11H14BrN2O+. The minimum Gasteiger partial charge on any atom is -0.346 e. The van der Waals surface area contributed by atoms with Gasteiger partial charge in [-0.25, -0.2) is 0 Å². The lowest BCUT2D eigenvalue weighted by Crippen LogP contribution is -3.14. The third kappa shape index (κ3) is 2.79. The molecule has 1 aliphatic rings. The van der Waals surface area contributed by atoms with Gasteiger partial charge in [0, 0.05) is 10.0 Å². The van der Waals surface area contributed by atoms with Crippen LogP contribution in [-0.4, -0.2) is 25.5 Å². The summed E-state index contributed by atoms with van der Waals surface area (Å²) in [4.78, 5) is 12.5. The van der Waals surface area contributed by atoms with Crippen molar-refractivity contribution in [2.45, 2.75) is 6.54 Å². The minimum atomic E-state index is 0.156. The van der Waals surface area contributed by atoms with Gasteiger partial charge in [-0.05, 0) is 6.07 Å². The number of carbonyl (C=O) groups is 1. The topological polar surface area (TPSA) is 33.5 Å². The van der Waals surface area contributed by atoms with Crippen LogP contribution in [0.3, 0.4) is 0 Å². The molecule has 1 fully saturated rings. The summed E-state index contributed by atoms with van der Waals surface area (Å²) in [6.45, 7) is 3.29. The average molecular weight is 270 g/mol. The minimum absolute atomic E-state index is 0.156. The van der Waals surface area contributed by atoms with E-state index in [2.05, 4.69) is 27.3 Å². The van der Waals surface area contributed by atoms with Gasteiger partial charge in [-0.2, -0.15) is 0 Å². The number of hydrogen-bond donors (Lipinski definition) is 2. The molecule has 1 aromatic carbocycles. The maximum atomic E-state index is 11.2. The molecule has 1 amide bonds. The Hall–Kier alpha value is -0.870. The van der Waals surface area contributed by atoms with Crippen LogP contribution in [0.4, 0.5) is 0 Å². The van der Waals surface area contributed by atoms with Crippen molar-refractivity contribution in [3.63, 3.8) is 0 Å². The molecule has 0 aromatic heterocycles. The number of carbonyl (C=O) groups excluding carboxylic acids is 1. The first-order valence-electron chi connectivity index (χ1n) is 5.09. The summed E-state index contributed by atoms with van der Waals surface area (Å²) in [5.41, 5.74) is 1.27. The molecule has 15 heavy (non-hydrogen) atoms. The van der Waals surface area contributed by atoms with Crippen molar-refractivity contribution in [1.29, 1.82) is 0 Å². The summed E-state index contributed by atoms with van der Waals surface area (Å²) in [5, 5.41) is 2.84. The summed E-state index contributed by atoms with van der Waals surface area (Å²) in [6, 6.07) is 8.18. The normalized spacial score (nSPS) is 21.1. The highest BCUT2D eigenvalue weighted by atomic mass is 79.9. The largest absolute Gasteiger partial charge is 0.346 e. The molecule has 1 saturated heterocycles. The maximum Gasteiger partial charge on any atom is 0.275 e. The lowest BCUT2D eigenvalue weighted by Gasteiger charge is -2.23. The number of halogens is 1. The van der Waals surface area contributed by atoms with Gasteiger partial charge < -0.3 is 10.2 Å². The molecule has 80 valence electrons. The summed E-state index contributed by atoms with van der Waals surface area (Å²) in [6.07, 6.45) is 0. The molecule has 1 unspecified atom stereocenters. The summed E-state index contributed by atoms with van der Waals surface area (Å²) >= 11 is 3.52. The zero-order valence-corrected chi connectivity index (χ0v) is 10.0. The maximum absolute atomic E-state index is 11.2. The molecule has 2 N–H and O–H groups in total. The summed E-state index contributed by atoms with van der Waals surface area (Å²) < 4.78 is 1.13. The average Bonchev–Trinajstić information content (AvgIpc) is 2.22. The lowest BCUT2D eigenvalue weighted by molar-refractivity contribution is -0.907. The summed E-state index contributed by atoms with van der Waals surface area (Å²) in [5.74, 6) is 0.156. The van der Waals surface area contributed by atoms with Gasteiger partial charge in [0.1, 0.15) is 6.54 Å². The Balaban J connectivity index is 2.02. The molecule has 0 saturated carbocycles. The van der Waals surface area contributed by atoms with Gasteiger partial charge >= 0.3 is 0 Å². The quantitative estimate of drug-likeness (QED) is 0.777. The molecule has 1 aromatic rings. The van der Waals surface area contributed by atoms with E-state index in [-0.39, 0.29) is 5.91 Å². The number of hydrogen-bond acceptors (Lipinski definition) is 1. The van der Waals surface area contributed by atoms with Gasteiger partial charge in [-0.1, -0.05) is 34.1 Å². The smallest absolute Gasteiger partial charge is 0.275 e. The third-order valence-corrected chi connectivity index (χ3v) is 3.38. The fourth-order valence-corrected chi connectivity index (χ4v) is 2.24. The van der Waals surface area contributed by atoms with Crippen LogP contribution in [0.25, 0.3) is 0 Å². The van der Waals surface area contributed by atoms with Crippen LogP contribution in [-0.2, 0) is 11.3 Å². The zero-order valence-electron chi connectivity index (χ0n) is 8.42. The van der Waals surface area contributed by atoms with E-state index >= 15 is 0 Å². The van der Waals surface area contributed by atoms with Crippen molar-refractivity contribution in [2.24, 2.45) is 0 Å². The number of amides is 1. The molecule has 3 nitrogen and oxygen atoms in total. The Bertz CT molecular complexity index is 367. The van der Waals surface area contributed by atoms with Crippen LogP contribution >= 0.6 is 15.9 Å². The van der Waals surface area contributed by atoms with Gasteiger partial charge in [0.15, 0.2) is 6.54 Å². The van der Waals surface area contributed by atoms with Gasteiger partial charge in [-0.3, -0.25) is 4.79 Å². The van der Waals surface area contributed by atoms with E-state index in [9.17, 15) is 4.79 Å². The van der Waals surface area contributed by atoms with Crippen molar-refractivity contribution >= 4 is 21.8 Å². The van der Waals surface area contributed by atoms with Crippen LogP contribution in [0.1, 0.15) is 5.56 Å². The number of nitrogens with one attached hydrogen (secondary N) is 2. The zero-order chi connectivity index (χ0) is 10.7. The number of quaternary nitrogens is 1. The second kappa shape index (κ2) is 4.77. The number of rotatable bonds is 2. The Morgan fingerprint density at radius 2 is 2.20 bits per heavy atom. The van der Waals surface area contributed by atoms with Crippen LogP contribution < -0.4 is 10.2 Å². The second-order valence-corrected chi connectivity index (χ2v) is 4.65. The van der Waals surface area contributed by atoms with E-state index in [4.69, 9.17) is 0 Å². The Kier molecular flexibility index (Phi) is 3.38. The van der Waals surface area contributed by atoms with Gasteiger partial charge in [0.25, 0.3) is 5.91 Å². The van der Waals surface area contributed by atoms with Crippen molar-refractivity contribution in [1.82, 2.24) is 5.32 Å². The van der Waals surface area contributed by atoms with Gasteiger partial charge in [0.2, 0.25) is 0 Å². The number of piperazine rings is 1. The van der Waals surface area contributed by atoms with Crippen molar-refractivity contribution in [2.75, 3.05) is 19.6 Å². The van der Waals surface area contributed by atoms with Crippen LogP contribution in [0, 0.1) is 0 Å². The van der Waals surface area contributed by atoms with Gasteiger partial charge in [0.05, 0.1) is 13.1 Å². The Morgan fingerprint density at radius 1 is 1.40 bits per heavy atom. The third-order valence-electron chi connectivity index (χ3n) is 2.61. The van der Waals surface area contributed by atoms with E-state index in [0.29, 0.717) is 6.54 Å². The monoisotopic (exact) mass is 269 g/mol. The second-order valence-electron chi connectivity index (χ2n) is 3.79. The van der Waals surface area contributed by atoms with E-state index < -0.39 is 0 Å². The lowest BCUT2D eigenvalue weighted by atomic mass is 10.2. The van der Waals surface area contributed by atoms with Crippen LogP contribution in [0.15, 0.2) is 28.7 Å². The summed E-state index contributed by atoms with van der Waals surface area (Å²) in [7, 11) is 0. The number of benzene rings is 1. The highest BCUT2D eigenvalue weighted by molar-refractivity contribution is 9.10. The molecule has 1 atom stereocenters. The first-order valence-corrected chi connectivity index (χ1v) is 5.88. The molecule has 1 aliphatic heterocycles. The molecule has 4 heteroatoms. The van der Waals surface area contributed by atoms with E-state index in [1.807, 2.05) is 18.2 Å². The fraction of sp³-hybridized carbons (Fsp3) is 0.364. The van der Waals surface area contributed by atoms with E-state index in [0.717, 1.165) is 24.1 Å². The van der Waals surface area contributed by atoms with Crippen LogP contribution in [0.2, 0.25) is 0 Å². The SMILES string of the molecule is O=C1C[NH+](Cc2ccccc2Br)CCN1. The van der Waals surface area contributed by atoms with E-state index in [1.54, 1.807) is 0 Å². The van der Waals surface area contributed by atoms with Crippen molar-refractivity contribution < 1.29 is 9.69 Å². The molecule has 1 heterocycles.